The first kappa shape index (κ1) is 25.4. The van der Waals surface area contributed by atoms with E-state index in [4.69, 9.17) is 4.74 Å². The fourth-order valence-corrected chi connectivity index (χ4v) is 5.64. The molecule has 12 heteroatoms. The zero-order chi connectivity index (χ0) is 27.2. The highest BCUT2D eigenvalue weighted by Crippen LogP contribution is 2.40. The van der Waals surface area contributed by atoms with Crippen LogP contribution in [-0.2, 0) is 14.8 Å². The Morgan fingerprint density at radius 1 is 1.08 bits per heavy atom. The number of aromatic nitrogens is 3. The first-order chi connectivity index (χ1) is 18.7. The first-order valence-electron chi connectivity index (χ1n) is 12.8. The topological polar surface area (TPSA) is 115 Å². The van der Waals surface area contributed by atoms with E-state index in [1.165, 1.54) is 17.4 Å². The smallest absolute Gasteiger partial charge is 0.232 e. The second-order valence-electron chi connectivity index (χ2n) is 10.3. The van der Waals surface area contributed by atoms with E-state index in [1.54, 1.807) is 30.5 Å². The molecule has 0 unspecified atom stereocenters. The summed E-state index contributed by atoms with van der Waals surface area (Å²) in [6.07, 6.45) is 4.91. The van der Waals surface area contributed by atoms with E-state index in [9.17, 15) is 8.42 Å². The molecule has 2 aromatic carbocycles. The van der Waals surface area contributed by atoms with Gasteiger partial charge in [-0.1, -0.05) is 12.1 Å². The molecule has 0 amide bonds. The number of ether oxygens (including phenoxy) is 1. The molecule has 39 heavy (non-hydrogen) atoms. The lowest BCUT2D eigenvalue weighted by atomic mass is 9.77. The molecule has 1 spiro atoms. The third kappa shape index (κ3) is 4.97. The van der Waals surface area contributed by atoms with Crippen LogP contribution in [0, 0.1) is 11.2 Å². The molecule has 2 aliphatic rings. The number of rotatable bonds is 7. The summed E-state index contributed by atoms with van der Waals surface area (Å²) in [5, 5.41) is 7.09. The molecule has 2 aliphatic heterocycles. The van der Waals surface area contributed by atoms with Crippen LogP contribution < -0.4 is 19.8 Å². The lowest BCUT2D eigenvalue weighted by Gasteiger charge is -2.47. The van der Waals surface area contributed by atoms with E-state index in [0.29, 0.717) is 34.2 Å². The van der Waals surface area contributed by atoms with Crippen molar-refractivity contribution >= 4 is 55.6 Å². The Labute approximate surface area is 226 Å². The van der Waals surface area contributed by atoms with Crippen LogP contribution in [0.1, 0.15) is 12.8 Å². The molecule has 10 nitrogen and oxygen atoms in total. The molecule has 2 aromatic heterocycles. The van der Waals surface area contributed by atoms with Gasteiger partial charge in [0.15, 0.2) is 0 Å². The highest BCUT2D eigenvalue weighted by Gasteiger charge is 2.41. The zero-order valence-corrected chi connectivity index (χ0v) is 22.6. The number of nitrogens with zero attached hydrogens (tertiary/aromatic N) is 4. The number of anilines is 6. The maximum Gasteiger partial charge on any atom is 0.232 e. The molecule has 6 rings (SSSR count). The number of fused-ring (bicyclic) bond motifs is 1. The number of benzene rings is 2. The van der Waals surface area contributed by atoms with Crippen LogP contribution in [0.2, 0.25) is 0 Å². The van der Waals surface area contributed by atoms with Gasteiger partial charge >= 0.3 is 0 Å². The van der Waals surface area contributed by atoms with Gasteiger partial charge in [0.25, 0.3) is 0 Å². The van der Waals surface area contributed by atoms with E-state index in [2.05, 4.69) is 30.5 Å². The lowest BCUT2D eigenvalue weighted by molar-refractivity contribution is -0.124. The highest BCUT2D eigenvalue weighted by atomic mass is 32.2. The van der Waals surface area contributed by atoms with Crippen molar-refractivity contribution in [1.29, 1.82) is 0 Å². The van der Waals surface area contributed by atoms with Crippen LogP contribution >= 0.6 is 0 Å². The number of para-hydroxylation sites is 2. The summed E-state index contributed by atoms with van der Waals surface area (Å²) in [6, 6.07) is 14.0. The number of piperidine rings is 1. The van der Waals surface area contributed by atoms with Gasteiger partial charge in [0, 0.05) is 37.4 Å². The van der Waals surface area contributed by atoms with Crippen molar-refractivity contribution in [3.05, 3.63) is 60.5 Å². The minimum atomic E-state index is -3.47. The molecule has 4 aromatic rings. The predicted octanol–water partition coefficient (Wildman–Crippen LogP) is 4.60. The Kier molecular flexibility index (Phi) is 6.31. The van der Waals surface area contributed by atoms with Gasteiger partial charge in [-0.2, -0.15) is 9.97 Å². The van der Waals surface area contributed by atoms with Crippen LogP contribution in [-0.4, -0.2) is 63.0 Å². The van der Waals surface area contributed by atoms with Crippen LogP contribution in [0.15, 0.2) is 54.7 Å². The summed E-state index contributed by atoms with van der Waals surface area (Å²) >= 11 is 0. The standard InChI is InChI=1S/C27H30FN7O3S/c1-34(39(2,36)37)23-6-4-3-5-21(23)31-25-19-9-12-29-24(19)32-26(33-25)30-18-7-8-22(20(28)15-18)35-13-10-27(11-14-35)16-38-17-27/h3-9,12,15H,10-11,13-14,16-17H2,1-2H3,(H3,29,30,31,32,33). The van der Waals surface area contributed by atoms with Gasteiger partial charge in [-0.3, -0.25) is 4.31 Å². The Bertz CT molecular complexity index is 1630. The van der Waals surface area contributed by atoms with Gasteiger partial charge in [0.2, 0.25) is 16.0 Å². The third-order valence-corrected chi connectivity index (χ3v) is 8.79. The highest BCUT2D eigenvalue weighted by molar-refractivity contribution is 7.92. The van der Waals surface area contributed by atoms with E-state index < -0.39 is 10.0 Å². The van der Waals surface area contributed by atoms with Gasteiger partial charge in [-0.25, -0.2) is 12.8 Å². The van der Waals surface area contributed by atoms with Crippen LogP contribution in [0.3, 0.4) is 0 Å². The van der Waals surface area contributed by atoms with E-state index in [1.807, 2.05) is 18.2 Å². The van der Waals surface area contributed by atoms with Crippen molar-refractivity contribution in [2.24, 2.45) is 5.41 Å². The van der Waals surface area contributed by atoms with Crippen LogP contribution in [0.5, 0.6) is 0 Å². The van der Waals surface area contributed by atoms with Crippen molar-refractivity contribution < 1.29 is 17.5 Å². The SMILES string of the molecule is CN(c1ccccc1Nc1nc(Nc2ccc(N3CCC4(CC3)COC4)c(F)c2)nc2[nH]ccc12)S(C)(=O)=O. The molecule has 0 aliphatic carbocycles. The van der Waals surface area contributed by atoms with Crippen molar-refractivity contribution in [2.45, 2.75) is 12.8 Å². The second-order valence-corrected chi connectivity index (χ2v) is 12.3. The van der Waals surface area contributed by atoms with Crippen molar-refractivity contribution in [1.82, 2.24) is 15.0 Å². The Morgan fingerprint density at radius 3 is 2.54 bits per heavy atom. The van der Waals surface area contributed by atoms with Crippen molar-refractivity contribution in [3.63, 3.8) is 0 Å². The van der Waals surface area contributed by atoms with E-state index in [-0.39, 0.29) is 17.2 Å². The molecule has 204 valence electrons. The van der Waals surface area contributed by atoms with Crippen molar-refractivity contribution in [3.8, 4) is 0 Å². The molecular weight excluding hydrogens is 521 g/mol. The fraction of sp³-hybridized carbons (Fsp3) is 0.333. The van der Waals surface area contributed by atoms with Gasteiger partial charge in [0.1, 0.15) is 17.3 Å². The molecule has 0 saturated carbocycles. The minimum absolute atomic E-state index is 0.262. The van der Waals surface area contributed by atoms with Gasteiger partial charge in [-0.05, 0) is 49.2 Å². The van der Waals surface area contributed by atoms with Crippen LogP contribution in [0.4, 0.5) is 38.9 Å². The summed E-state index contributed by atoms with van der Waals surface area (Å²) in [5.74, 6) is 0.425. The minimum Gasteiger partial charge on any atom is -0.380 e. The maximum atomic E-state index is 15.2. The molecule has 2 fully saturated rings. The fourth-order valence-electron chi connectivity index (χ4n) is 5.12. The summed E-state index contributed by atoms with van der Waals surface area (Å²) in [6.45, 7) is 3.25. The largest absolute Gasteiger partial charge is 0.380 e. The van der Waals surface area contributed by atoms with Gasteiger partial charge < -0.3 is 25.3 Å². The molecule has 4 heterocycles. The van der Waals surface area contributed by atoms with Gasteiger partial charge in [-0.15, -0.1) is 0 Å². The zero-order valence-electron chi connectivity index (χ0n) is 21.7. The average Bonchev–Trinajstić information content (AvgIpc) is 3.37. The summed E-state index contributed by atoms with van der Waals surface area (Å²) in [4.78, 5) is 14.3. The number of sulfonamides is 1. The third-order valence-electron chi connectivity index (χ3n) is 7.59. The molecule has 2 saturated heterocycles. The molecule has 3 N–H and O–H groups in total. The monoisotopic (exact) mass is 551 g/mol. The first-order valence-corrected chi connectivity index (χ1v) is 14.6. The summed E-state index contributed by atoms with van der Waals surface area (Å²) in [5.41, 5.74) is 3.00. The number of nitrogens with one attached hydrogen (secondary N) is 3. The number of H-pyrrole nitrogens is 1. The maximum absolute atomic E-state index is 15.2. The predicted molar refractivity (Wildman–Crippen MR) is 151 cm³/mol. The summed E-state index contributed by atoms with van der Waals surface area (Å²) < 4.78 is 46.2. The van der Waals surface area contributed by atoms with Crippen molar-refractivity contribution in [2.75, 3.05) is 59.4 Å². The molecule has 0 atom stereocenters. The Balaban J connectivity index is 1.25. The average molecular weight is 552 g/mol. The molecule has 0 bridgehead atoms. The normalized spacial score (nSPS) is 16.7. The Morgan fingerprint density at radius 2 is 1.85 bits per heavy atom. The van der Waals surface area contributed by atoms with Gasteiger partial charge in [0.05, 0.1) is 41.9 Å². The number of hydrogen-bond donors (Lipinski definition) is 3. The van der Waals surface area contributed by atoms with E-state index >= 15 is 4.39 Å². The number of hydrogen-bond acceptors (Lipinski definition) is 8. The quantitative estimate of drug-likeness (QED) is 0.305. The lowest BCUT2D eigenvalue weighted by Crippen LogP contribution is -2.51. The van der Waals surface area contributed by atoms with Crippen LogP contribution in [0.25, 0.3) is 11.0 Å². The molecule has 0 radical (unpaired) electrons. The molecular formula is C27H30FN7O3S. The second kappa shape index (κ2) is 9.69. The number of halogens is 1. The summed E-state index contributed by atoms with van der Waals surface area (Å²) in [7, 11) is -1.98. The number of aromatic amines is 1. The van der Waals surface area contributed by atoms with E-state index in [0.717, 1.165) is 50.8 Å². The Hall–Kier alpha value is -3.90.